The molecule has 8 heteroatoms. The lowest BCUT2D eigenvalue weighted by Crippen LogP contribution is -2.29. The summed E-state index contributed by atoms with van der Waals surface area (Å²) in [6.07, 6.45) is 1.56. The Kier molecular flexibility index (Phi) is 6.23. The fourth-order valence-corrected chi connectivity index (χ4v) is 3.85. The number of nitrogens with zero attached hydrogens (tertiary/aromatic N) is 2. The first-order chi connectivity index (χ1) is 17.5. The van der Waals surface area contributed by atoms with Crippen molar-refractivity contribution in [1.29, 1.82) is 0 Å². The zero-order chi connectivity index (χ0) is 25.1. The fraction of sp³-hybridized carbons (Fsp3) is 0.0714. The van der Waals surface area contributed by atoms with Gasteiger partial charge in [-0.1, -0.05) is 24.3 Å². The van der Waals surface area contributed by atoms with E-state index in [0.717, 1.165) is 11.1 Å². The maximum absolute atomic E-state index is 13.1. The summed E-state index contributed by atoms with van der Waals surface area (Å²) in [7, 11) is 0. The van der Waals surface area contributed by atoms with Gasteiger partial charge in [0, 0.05) is 24.4 Å². The Morgan fingerprint density at radius 3 is 2.19 bits per heavy atom. The first-order valence-corrected chi connectivity index (χ1v) is 11.2. The van der Waals surface area contributed by atoms with Crippen LogP contribution in [-0.4, -0.2) is 27.6 Å². The molecule has 4 aromatic rings. The predicted octanol–water partition coefficient (Wildman–Crippen LogP) is 4.74. The van der Waals surface area contributed by atoms with Crippen LogP contribution in [0.4, 0.5) is 4.39 Å². The van der Waals surface area contributed by atoms with Crippen LogP contribution in [-0.2, 0) is 13.1 Å². The van der Waals surface area contributed by atoms with Crippen LogP contribution in [0.3, 0.4) is 0 Å². The minimum Gasteiger partial charge on any atom is -0.439 e. The highest BCUT2D eigenvalue weighted by Gasteiger charge is 2.34. The van der Waals surface area contributed by atoms with Gasteiger partial charge in [0.05, 0.1) is 17.7 Å². The van der Waals surface area contributed by atoms with E-state index in [4.69, 9.17) is 4.74 Å². The normalized spacial score (nSPS) is 12.4. The molecule has 7 nitrogen and oxygen atoms in total. The molecule has 0 saturated carbocycles. The predicted molar refractivity (Wildman–Crippen MR) is 129 cm³/mol. The van der Waals surface area contributed by atoms with Crippen molar-refractivity contribution >= 4 is 17.7 Å². The molecule has 1 N–H and O–H groups in total. The van der Waals surface area contributed by atoms with Gasteiger partial charge in [0.25, 0.3) is 17.7 Å². The molecule has 3 amide bonds. The zero-order valence-electron chi connectivity index (χ0n) is 19.0. The molecule has 0 radical (unpaired) electrons. The average molecular weight is 481 g/mol. The number of hydrogen-bond acceptors (Lipinski definition) is 5. The third-order valence-corrected chi connectivity index (χ3v) is 5.72. The Labute approximate surface area is 206 Å². The van der Waals surface area contributed by atoms with Crippen LogP contribution in [0.1, 0.15) is 42.2 Å². The van der Waals surface area contributed by atoms with Crippen molar-refractivity contribution in [3.8, 4) is 11.6 Å². The number of hydrogen-bond donors (Lipinski definition) is 1. The Morgan fingerprint density at radius 2 is 1.53 bits per heavy atom. The number of rotatable bonds is 7. The van der Waals surface area contributed by atoms with Crippen LogP contribution in [0.2, 0.25) is 0 Å². The fourth-order valence-electron chi connectivity index (χ4n) is 3.85. The van der Waals surface area contributed by atoms with Gasteiger partial charge in [-0.25, -0.2) is 9.37 Å². The molecule has 2 heterocycles. The number of nitrogens with one attached hydrogen (secondary N) is 1. The first kappa shape index (κ1) is 22.9. The Balaban J connectivity index is 1.18. The maximum Gasteiger partial charge on any atom is 0.261 e. The monoisotopic (exact) mass is 481 g/mol. The van der Waals surface area contributed by atoms with E-state index in [0.29, 0.717) is 28.3 Å². The van der Waals surface area contributed by atoms with E-state index in [2.05, 4.69) is 10.3 Å². The molecule has 0 atom stereocenters. The van der Waals surface area contributed by atoms with Gasteiger partial charge in [0.15, 0.2) is 0 Å². The second kappa shape index (κ2) is 9.79. The van der Waals surface area contributed by atoms with E-state index in [-0.39, 0.29) is 36.6 Å². The molecule has 36 heavy (non-hydrogen) atoms. The van der Waals surface area contributed by atoms with Gasteiger partial charge in [0.1, 0.15) is 11.6 Å². The number of imide groups is 1. The molecule has 1 aliphatic rings. The summed E-state index contributed by atoms with van der Waals surface area (Å²) in [4.78, 5) is 43.1. The van der Waals surface area contributed by atoms with Gasteiger partial charge in [-0.05, 0) is 65.7 Å². The molecular formula is C28H20FN3O4. The van der Waals surface area contributed by atoms with E-state index in [9.17, 15) is 18.8 Å². The van der Waals surface area contributed by atoms with Gasteiger partial charge in [-0.3, -0.25) is 19.3 Å². The van der Waals surface area contributed by atoms with E-state index in [1.165, 1.54) is 29.2 Å². The number of aromatic nitrogens is 1. The van der Waals surface area contributed by atoms with Gasteiger partial charge < -0.3 is 10.1 Å². The topological polar surface area (TPSA) is 88.6 Å². The molecule has 0 aliphatic carbocycles. The largest absolute Gasteiger partial charge is 0.439 e. The molecule has 5 rings (SSSR count). The lowest BCUT2D eigenvalue weighted by atomic mass is 10.1. The second-order valence-corrected chi connectivity index (χ2v) is 8.18. The second-order valence-electron chi connectivity index (χ2n) is 8.18. The van der Waals surface area contributed by atoms with Crippen molar-refractivity contribution in [3.05, 3.63) is 125 Å². The highest BCUT2D eigenvalue weighted by atomic mass is 19.1. The number of amides is 3. The molecule has 0 unspecified atom stereocenters. The third kappa shape index (κ3) is 4.83. The van der Waals surface area contributed by atoms with Crippen molar-refractivity contribution in [2.45, 2.75) is 13.1 Å². The summed E-state index contributed by atoms with van der Waals surface area (Å²) in [5, 5.41) is 2.84. The van der Waals surface area contributed by atoms with Gasteiger partial charge in [-0.15, -0.1) is 0 Å². The number of benzene rings is 3. The highest BCUT2D eigenvalue weighted by Crippen LogP contribution is 2.24. The summed E-state index contributed by atoms with van der Waals surface area (Å²) in [6.45, 7) is 0.375. The molecule has 0 spiro atoms. The van der Waals surface area contributed by atoms with Crippen molar-refractivity contribution in [2.24, 2.45) is 0 Å². The number of carbonyl (C=O) groups excluding carboxylic acids is 3. The molecule has 0 fully saturated rings. The number of pyridine rings is 1. The van der Waals surface area contributed by atoms with Gasteiger partial charge >= 0.3 is 0 Å². The smallest absolute Gasteiger partial charge is 0.261 e. The summed E-state index contributed by atoms with van der Waals surface area (Å²) in [6, 6.07) is 22.5. The van der Waals surface area contributed by atoms with Crippen LogP contribution < -0.4 is 10.1 Å². The number of fused-ring (bicyclic) bond motifs is 1. The summed E-state index contributed by atoms with van der Waals surface area (Å²) < 4.78 is 18.7. The summed E-state index contributed by atoms with van der Waals surface area (Å²) in [5.41, 5.74) is 2.76. The SMILES string of the molecule is O=C(NCc1ccnc(Oc2ccc(F)cc2)c1)c1ccc(CN2C(=O)c3ccccc3C2=O)cc1. The molecule has 1 aromatic heterocycles. The average Bonchev–Trinajstić information content (AvgIpc) is 3.14. The Morgan fingerprint density at radius 1 is 0.861 bits per heavy atom. The van der Waals surface area contributed by atoms with E-state index in [1.54, 1.807) is 66.9 Å². The molecule has 0 bridgehead atoms. The quantitative estimate of drug-likeness (QED) is 0.385. The van der Waals surface area contributed by atoms with E-state index >= 15 is 0 Å². The zero-order valence-corrected chi connectivity index (χ0v) is 19.0. The van der Waals surface area contributed by atoms with Crippen molar-refractivity contribution in [1.82, 2.24) is 15.2 Å². The van der Waals surface area contributed by atoms with Crippen molar-refractivity contribution < 1.29 is 23.5 Å². The molecular weight excluding hydrogens is 461 g/mol. The van der Waals surface area contributed by atoms with Crippen LogP contribution in [0.15, 0.2) is 91.1 Å². The Bertz CT molecular complexity index is 1420. The molecule has 1 aliphatic heterocycles. The van der Waals surface area contributed by atoms with Crippen molar-refractivity contribution in [3.63, 3.8) is 0 Å². The van der Waals surface area contributed by atoms with Crippen molar-refractivity contribution in [2.75, 3.05) is 0 Å². The number of halogens is 1. The minimum absolute atomic E-state index is 0.127. The third-order valence-electron chi connectivity index (χ3n) is 5.72. The van der Waals surface area contributed by atoms with Crippen LogP contribution >= 0.6 is 0 Å². The van der Waals surface area contributed by atoms with E-state index < -0.39 is 0 Å². The number of ether oxygens (including phenoxy) is 1. The van der Waals surface area contributed by atoms with Crippen LogP contribution in [0.25, 0.3) is 0 Å². The standard InChI is InChI=1S/C28H20FN3O4/c29-21-9-11-22(12-10-21)36-25-15-19(13-14-30-25)16-31-26(33)20-7-5-18(6-8-20)17-32-27(34)23-3-1-2-4-24(23)28(32)35/h1-15H,16-17H2,(H,31,33). The summed E-state index contributed by atoms with van der Waals surface area (Å²) >= 11 is 0. The highest BCUT2D eigenvalue weighted by molar-refractivity contribution is 6.21. The Hall–Kier alpha value is -4.85. The number of carbonyl (C=O) groups is 3. The van der Waals surface area contributed by atoms with Crippen LogP contribution in [0.5, 0.6) is 11.6 Å². The maximum atomic E-state index is 13.1. The molecule has 0 saturated heterocycles. The minimum atomic E-state index is -0.358. The lowest BCUT2D eigenvalue weighted by molar-refractivity contribution is 0.0641. The van der Waals surface area contributed by atoms with Crippen LogP contribution in [0, 0.1) is 5.82 Å². The lowest BCUT2D eigenvalue weighted by Gasteiger charge is -2.14. The molecule has 178 valence electrons. The summed E-state index contributed by atoms with van der Waals surface area (Å²) in [5.74, 6) is -0.504. The van der Waals surface area contributed by atoms with E-state index in [1.807, 2.05) is 0 Å². The molecule has 3 aromatic carbocycles. The van der Waals surface area contributed by atoms with Gasteiger partial charge in [0.2, 0.25) is 5.88 Å². The van der Waals surface area contributed by atoms with Gasteiger partial charge in [-0.2, -0.15) is 0 Å². The first-order valence-electron chi connectivity index (χ1n) is 11.2.